The lowest BCUT2D eigenvalue weighted by Gasteiger charge is -2.11. The van der Waals surface area contributed by atoms with Crippen molar-refractivity contribution < 1.29 is 22.8 Å². The van der Waals surface area contributed by atoms with Gasteiger partial charge in [0, 0.05) is 24.2 Å². The molecule has 0 bridgehead atoms. The van der Waals surface area contributed by atoms with Gasteiger partial charge in [-0.15, -0.1) is 0 Å². The molecule has 8 heteroatoms. The maximum absolute atomic E-state index is 11.9. The van der Waals surface area contributed by atoms with Gasteiger partial charge in [0.25, 0.3) is 5.69 Å². The van der Waals surface area contributed by atoms with E-state index in [4.69, 9.17) is 4.74 Å². The third-order valence-electron chi connectivity index (χ3n) is 2.12. The molecule has 0 aliphatic heterocycles. The molecule has 0 aliphatic rings. The van der Waals surface area contributed by atoms with Crippen LogP contribution in [0.5, 0.6) is 5.75 Å². The molecule has 100 valence electrons. The number of nitrogens with zero attached hydrogens (tertiary/aromatic N) is 1. The summed E-state index contributed by atoms with van der Waals surface area (Å²) < 4.78 is 40.8. The van der Waals surface area contributed by atoms with Crippen molar-refractivity contribution in [3.05, 3.63) is 33.9 Å². The molecule has 5 nitrogen and oxygen atoms in total. The highest BCUT2D eigenvalue weighted by molar-refractivity contribution is 5.43. The molecule has 0 radical (unpaired) electrons. The molecule has 0 atom stereocenters. The Bertz CT molecular complexity index is 435. The van der Waals surface area contributed by atoms with Crippen LogP contribution in [0.15, 0.2) is 18.2 Å². The zero-order valence-corrected chi connectivity index (χ0v) is 9.45. The first-order valence-electron chi connectivity index (χ1n) is 4.92. The zero-order chi connectivity index (χ0) is 13.8. The van der Waals surface area contributed by atoms with Gasteiger partial charge in [-0.2, -0.15) is 13.2 Å². The Balaban J connectivity index is 2.78. The first kappa shape index (κ1) is 14.2. The summed E-state index contributed by atoms with van der Waals surface area (Å²) in [7, 11) is 1.34. The topological polar surface area (TPSA) is 64.4 Å². The molecule has 1 aromatic carbocycles. The van der Waals surface area contributed by atoms with Crippen LogP contribution in [0.25, 0.3) is 0 Å². The van der Waals surface area contributed by atoms with Gasteiger partial charge in [0.15, 0.2) is 0 Å². The van der Waals surface area contributed by atoms with E-state index in [1.807, 2.05) is 0 Å². The van der Waals surface area contributed by atoms with Gasteiger partial charge < -0.3 is 10.1 Å². The maximum atomic E-state index is 11.9. The smallest absolute Gasteiger partial charge is 0.401 e. The second-order valence-corrected chi connectivity index (χ2v) is 3.47. The lowest BCUT2D eigenvalue weighted by molar-refractivity contribution is -0.384. The molecule has 0 aliphatic carbocycles. The predicted molar refractivity (Wildman–Crippen MR) is 57.4 cm³/mol. The van der Waals surface area contributed by atoms with Gasteiger partial charge in [-0.05, 0) is 6.07 Å². The van der Waals surface area contributed by atoms with Crippen molar-refractivity contribution in [1.82, 2.24) is 5.32 Å². The van der Waals surface area contributed by atoms with Gasteiger partial charge in [0.05, 0.1) is 18.6 Å². The van der Waals surface area contributed by atoms with Gasteiger partial charge in [-0.25, -0.2) is 0 Å². The monoisotopic (exact) mass is 264 g/mol. The minimum atomic E-state index is -4.33. The molecule has 0 aromatic heterocycles. The minimum Gasteiger partial charge on any atom is -0.496 e. The summed E-state index contributed by atoms with van der Waals surface area (Å²) in [5, 5.41) is 12.7. The van der Waals surface area contributed by atoms with Crippen LogP contribution in [0.4, 0.5) is 18.9 Å². The fourth-order valence-corrected chi connectivity index (χ4v) is 1.36. The summed E-state index contributed by atoms with van der Waals surface area (Å²) >= 11 is 0. The summed E-state index contributed by atoms with van der Waals surface area (Å²) in [6, 6.07) is 3.76. The molecule has 0 amide bonds. The van der Waals surface area contributed by atoms with Crippen molar-refractivity contribution >= 4 is 5.69 Å². The maximum Gasteiger partial charge on any atom is 0.401 e. The average Bonchev–Trinajstić information content (AvgIpc) is 2.27. The molecule has 0 heterocycles. The number of rotatable bonds is 5. The summed E-state index contributed by atoms with van der Waals surface area (Å²) in [6.07, 6.45) is -4.33. The second-order valence-electron chi connectivity index (χ2n) is 3.47. The quantitative estimate of drug-likeness (QED) is 0.654. The number of hydrogen-bond donors (Lipinski definition) is 1. The Kier molecular flexibility index (Phi) is 4.49. The number of nitro groups is 1. The molecule has 0 spiro atoms. The Labute approximate surface area is 101 Å². The number of hydrogen-bond acceptors (Lipinski definition) is 4. The summed E-state index contributed by atoms with van der Waals surface area (Å²) in [5.74, 6) is 0.301. The normalized spacial score (nSPS) is 11.3. The Morgan fingerprint density at radius 2 is 2.11 bits per heavy atom. The van der Waals surface area contributed by atoms with E-state index >= 15 is 0 Å². The van der Waals surface area contributed by atoms with Gasteiger partial charge in [0.2, 0.25) is 0 Å². The van der Waals surface area contributed by atoms with Crippen LogP contribution in [-0.2, 0) is 6.54 Å². The lowest BCUT2D eigenvalue weighted by atomic mass is 10.1. The van der Waals surface area contributed by atoms with Crippen molar-refractivity contribution in [3.8, 4) is 5.75 Å². The molecule has 0 unspecified atom stereocenters. The van der Waals surface area contributed by atoms with Gasteiger partial charge in [0.1, 0.15) is 5.75 Å². The number of nitrogens with one attached hydrogen (secondary N) is 1. The van der Waals surface area contributed by atoms with Crippen molar-refractivity contribution in [3.63, 3.8) is 0 Å². The van der Waals surface area contributed by atoms with Crippen LogP contribution in [0.1, 0.15) is 5.56 Å². The first-order valence-corrected chi connectivity index (χ1v) is 4.92. The zero-order valence-electron chi connectivity index (χ0n) is 9.45. The fourth-order valence-electron chi connectivity index (χ4n) is 1.36. The molecule has 0 saturated carbocycles. The van der Waals surface area contributed by atoms with E-state index in [2.05, 4.69) is 5.32 Å². The van der Waals surface area contributed by atoms with Crippen LogP contribution in [0.2, 0.25) is 0 Å². The summed E-state index contributed by atoms with van der Waals surface area (Å²) in [4.78, 5) is 9.93. The Hall–Kier alpha value is -1.83. The molecule has 1 N–H and O–H groups in total. The van der Waals surface area contributed by atoms with Crippen LogP contribution in [0, 0.1) is 10.1 Å². The molecule has 1 rings (SSSR count). The Morgan fingerprint density at radius 3 is 2.61 bits per heavy atom. The van der Waals surface area contributed by atoms with Crippen molar-refractivity contribution in [2.45, 2.75) is 12.7 Å². The SMILES string of the molecule is COc1ccc([N+](=O)[O-])cc1CNCC(F)(F)F. The van der Waals surface area contributed by atoms with E-state index in [1.165, 1.54) is 25.3 Å². The number of ether oxygens (including phenoxy) is 1. The number of nitro benzene ring substituents is 1. The molecule has 0 saturated heterocycles. The molecular weight excluding hydrogens is 253 g/mol. The van der Waals surface area contributed by atoms with E-state index in [0.717, 1.165) is 0 Å². The number of benzene rings is 1. The largest absolute Gasteiger partial charge is 0.496 e. The molecular formula is C10H11F3N2O3. The number of non-ortho nitro benzene ring substituents is 1. The van der Waals surface area contributed by atoms with E-state index in [9.17, 15) is 23.3 Å². The third-order valence-corrected chi connectivity index (χ3v) is 2.12. The molecule has 18 heavy (non-hydrogen) atoms. The number of methoxy groups -OCH3 is 1. The van der Waals surface area contributed by atoms with E-state index < -0.39 is 17.6 Å². The van der Waals surface area contributed by atoms with Crippen LogP contribution in [0.3, 0.4) is 0 Å². The highest BCUT2D eigenvalue weighted by Gasteiger charge is 2.26. The lowest BCUT2D eigenvalue weighted by Crippen LogP contribution is -2.28. The van der Waals surface area contributed by atoms with Crippen LogP contribution < -0.4 is 10.1 Å². The molecule has 0 fully saturated rings. The number of alkyl halides is 3. The standard InChI is InChI=1S/C10H11F3N2O3/c1-18-9-3-2-8(15(16)17)4-7(9)5-14-6-10(11,12)13/h2-4,14H,5-6H2,1H3. The van der Waals surface area contributed by atoms with Crippen molar-refractivity contribution in [2.24, 2.45) is 0 Å². The number of halogens is 3. The van der Waals surface area contributed by atoms with E-state index in [0.29, 0.717) is 11.3 Å². The minimum absolute atomic E-state index is 0.162. The highest BCUT2D eigenvalue weighted by Crippen LogP contribution is 2.24. The third kappa shape index (κ3) is 4.21. The van der Waals surface area contributed by atoms with Crippen molar-refractivity contribution in [1.29, 1.82) is 0 Å². The summed E-state index contributed by atoms with van der Waals surface area (Å²) in [6.45, 7) is -1.33. The van der Waals surface area contributed by atoms with E-state index in [-0.39, 0.29) is 12.2 Å². The predicted octanol–water partition coefficient (Wildman–Crippen LogP) is 2.26. The van der Waals surface area contributed by atoms with Crippen molar-refractivity contribution in [2.75, 3.05) is 13.7 Å². The highest BCUT2D eigenvalue weighted by atomic mass is 19.4. The average molecular weight is 264 g/mol. The summed E-state index contributed by atoms with van der Waals surface area (Å²) in [5.41, 5.74) is 0.107. The van der Waals surface area contributed by atoms with Gasteiger partial charge >= 0.3 is 6.18 Å². The molecule has 1 aromatic rings. The van der Waals surface area contributed by atoms with Crippen LogP contribution in [-0.4, -0.2) is 24.8 Å². The van der Waals surface area contributed by atoms with Gasteiger partial charge in [-0.3, -0.25) is 10.1 Å². The Morgan fingerprint density at radius 1 is 1.44 bits per heavy atom. The fraction of sp³-hybridized carbons (Fsp3) is 0.400. The van der Waals surface area contributed by atoms with Crippen LogP contribution >= 0.6 is 0 Å². The van der Waals surface area contributed by atoms with E-state index in [1.54, 1.807) is 0 Å². The second kappa shape index (κ2) is 5.67. The van der Waals surface area contributed by atoms with Gasteiger partial charge in [-0.1, -0.05) is 0 Å². The first-order chi connectivity index (χ1) is 8.33.